The number of pyridine rings is 1. The van der Waals surface area contributed by atoms with E-state index in [2.05, 4.69) is 54.2 Å². The largest absolute Gasteiger partial charge is 0.475 e. The van der Waals surface area contributed by atoms with Gasteiger partial charge in [-0.15, -0.1) is 0 Å². The van der Waals surface area contributed by atoms with E-state index in [1.807, 2.05) is 50.2 Å². The maximum absolute atomic E-state index is 14.7. The molecule has 4 aromatic rings. The van der Waals surface area contributed by atoms with Crippen molar-refractivity contribution >= 4 is 27.7 Å². The Morgan fingerprint density at radius 3 is 2.40 bits per heavy atom. The Labute approximate surface area is 307 Å². The number of carbonyl (C=O) groups is 1. The number of nitrogens with one attached hydrogen (secondary N) is 1. The van der Waals surface area contributed by atoms with E-state index in [0.29, 0.717) is 17.8 Å². The van der Waals surface area contributed by atoms with Crippen LogP contribution in [0.2, 0.25) is 0 Å². The number of aromatic nitrogens is 3. The van der Waals surface area contributed by atoms with Crippen molar-refractivity contribution in [2.75, 3.05) is 29.4 Å². The predicted octanol–water partition coefficient (Wildman–Crippen LogP) is 7.19. The number of fused-ring (bicyclic) bond motifs is 4. The lowest BCUT2D eigenvalue weighted by Crippen LogP contribution is -2.45. The number of aryl methyl sites for hydroxylation is 2. The second-order valence-electron chi connectivity index (χ2n) is 15.3. The van der Waals surface area contributed by atoms with E-state index >= 15 is 0 Å². The summed E-state index contributed by atoms with van der Waals surface area (Å²) in [6, 6.07) is 19.4. The van der Waals surface area contributed by atoms with Crippen LogP contribution in [0, 0.1) is 19.3 Å². The molecule has 2 aliphatic rings. The first kappa shape index (κ1) is 37.2. The summed E-state index contributed by atoms with van der Waals surface area (Å²) in [6.45, 7) is 16.4. The van der Waals surface area contributed by atoms with Crippen LogP contribution >= 0.6 is 0 Å². The summed E-state index contributed by atoms with van der Waals surface area (Å²) in [6.07, 6.45) is 2.81. The lowest BCUT2D eigenvalue weighted by atomic mass is 9.87. The van der Waals surface area contributed by atoms with Gasteiger partial charge in [0, 0.05) is 36.4 Å². The van der Waals surface area contributed by atoms with Crippen molar-refractivity contribution in [1.29, 1.82) is 0 Å². The second-order valence-corrected chi connectivity index (χ2v) is 17.0. The molecule has 1 fully saturated rings. The monoisotopic (exact) mass is 726 g/mol. The molecule has 0 aliphatic carbocycles. The van der Waals surface area contributed by atoms with Gasteiger partial charge in [-0.05, 0) is 93.8 Å². The first-order chi connectivity index (χ1) is 24.7. The molecule has 0 spiro atoms. The van der Waals surface area contributed by atoms with Gasteiger partial charge in [0.25, 0.3) is 15.9 Å². The lowest BCUT2D eigenvalue weighted by Gasteiger charge is -2.36. The van der Waals surface area contributed by atoms with Crippen LogP contribution in [-0.2, 0) is 21.3 Å². The SMILES string of the molecule is Cc1cccc(C)c1-c1cc2nc(n1)NS(=O)(=O)c1cccc(c1)C(=O)N(Cc1cccc(N(CC3CCCO3)C(C)C)n1)[C@H](CC(C)(C)C)CO2. The fraction of sp³-hybridized carbons (Fsp3) is 0.450. The number of anilines is 2. The maximum Gasteiger partial charge on any atom is 0.264 e. The predicted molar refractivity (Wildman–Crippen MR) is 203 cm³/mol. The van der Waals surface area contributed by atoms with E-state index in [4.69, 9.17) is 14.5 Å². The number of sulfonamides is 1. The summed E-state index contributed by atoms with van der Waals surface area (Å²) >= 11 is 0. The van der Waals surface area contributed by atoms with Crippen LogP contribution in [0.3, 0.4) is 0 Å². The van der Waals surface area contributed by atoms with Crippen LogP contribution in [0.25, 0.3) is 11.3 Å². The molecule has 2 atom stereocenters. The van der Waals surface area contributed by atoms with E-state index in [0.717, 1.165) is 48.5 Å². The molecule has 6 rings (SSSR count). The lowest BCUT2D eigenvalue weighted by molar-refractivity contribution is 0.0509. The summed E-state index contributed by atoms with van der Waals surface area (Å²) in [4.78, 5) is 32.8. The van der Waals surface area contributed by atoms with Crippen molar-refractivity contribution in [3.8, 4) is 17.1 Å². The number of carbonyl (C=O) groups excluding carboxylic acids is 1. The van der Waals surface area contributed by atoms with Crippen LogP contribution in [0.5, 0.6) is 5.88 Å². The molecule has 2 aromatic heterocycles. The second kappa shape index (κ2) is 15.2. The highest BCUT2D eigenvalue weighted by Crippen LogP contribution is 2.32. The average Bonchev–Trinajstić information content (AvgIpc) is 3.60. The van der Waals surface area contributed by atoms with Crippen molar-refractivity contribution < 1.29 is 22.7 Å². The first-order valence-electron chi connectivity index (χ1n) is 18.0. The van der Waals surface area contributed by atoms with Crippen molar-refractivity contribution in [2.24, 2.45) is 5.41 Å². The Morgan fingerprint density at radius 1 is 0.981 bits per heavy atom. The normalized spacial score (nSPS) is 18.9. The molecule has 276 valence electrons. The molecule has 12 heteroatoms. The molecular weight excluding hydrogens is 677 g/mol. The molecule has 1 saturated heterocycles. The van der Waals surface area contributed by atoms with Crippen LogP contribution in [-0.4, -0.2) is 72.1 Å². The van der Waals surface area contributed by atoms with Crippen LogP contribution in [0.4, 0.5) is 11.8 Å². The Bertz CT molecular complexity index is 2000. The van der Waals surface area contributed by atoms with Gasteiger partial charge in [0.2, 0.25) is 11.8 Å². The first-order valence-corrected chi connectivity index (χ1v) is 19.5. The van der Waals surface area contributed by atoms with Gasteiger partial charge in [0.05, 0.1) is 35.0 Å². The van der Waals surface area contributed by atoms with Crippen molar-refractivity contribution in [1.82, 2.24) is 19.9 Å². The van der Waals surface area contributed by atoms with Gasteiger partial charge in [0.1, 0.15) is 12.4 Å². The van der Waals surface area contributed by atoms with Gasteiger partial charge in [0.15, 0.2) is 0 Å². The number of hydrogen-bond donors (Lipinski definition) is 1. The summed E-state index contributed by atoms with van der Waals surface area (Å²) in [5.74, 6) is 0.575. The molecule has 2 aliphatic heterocycles. The van der Waals surface area contributed by atoms with Gasteiger partial charge in [-0.2, -0.15) is 4.98 Å². The van der Waals surface area contributed by atoms with E-state index in [9.17, 15) is 13.2 Å². The van der Waals surface area contributed by atoms with Gasteiger partial charge in [-0.25, -0.2) is 23.1 Å². The van der Waals surface area contributed by atoms with Crippen molar-refractivity contribution in [3.63, 3.8) is 0 Å². The minimum absolute atomic E-state index is 0.0738. The van der Waals surface area contributed by atoms with Gasteiger partial charge in [-0.1, -0.05) is 51.1 Å². The quantitative estimate of drug-likeness (QED) is 0.201. The fourth-order valence-corrected chi connectivity index (χ4v) is 8.00. The zero-order chi connectivity index (χ0) is 37.2. The molecule has 1 amide bonds. The van der Waals surface area contributed by atoms with Crippen LogP contribution < -0.4 is 14.4 Å². The molecule has 52 heavy (non-hydrogen) atoms. The molecular formula is C40H50N6O5S. The highest BCUT2D eigenvalue weighted by atomic mass is 32.2. The number of rotatable bonds is 8. The zero-order valence-corrected chi connectivity index (χ0v) is 32.0. The maximum atomic E-state index is 14.7. The molecule has 2 aromatic carbocycles. The third-order valence-corrected chi connectivity index (χ3v) is 10.8. The minimum Gasteiger partial charge on any atom is -0.475 e. The van der Waals surface area contributed by atoms with E-state index in [1.54, 1.807) is 23.1 Å². The summed E-state index contributed by atoms with van der Waals surface area (Å²) in [5, 5.41) is 0. The fourth-order valence-electron chi connectivity index (χ4n) is 7.01. The minimum atomic E-state index is -4.18. The molecule has 4 bridgehead atoms. The summed E-state index contributed by atoms with van der Waals surface area (Å²) < 4.78 is 42.5. The average molecular weight is 727 g/mol. The molecule has 11 nitrogen and oxygen atoms in total. The van der Waals surface area contributed by atoms with E-state index < -0.39 is 16.1 Å². The Balaban J connectivity index is 1.44. The van der Waals surface area contributed by atoms with Crippen molar-refractivity contribution in [3.05, 3.63) is 89.1 Å². The molecule has 0 saturated carbocycles. The van der Waals surface area contributed by atoms with Crippen molar-refractivity contribution in [2.45, 2.75) is 97.4 Å². The Morgan fingerprint density at radius 2 is 1.71 bits per heavy atom. The third-order valence-electron chi connectivity index (χ3n) is 9.50. The van der Waals surface area contributed by atoms with Gasteiger partial charge >= 0.3 is 0 Å². The van der Waals surface area contributed by atoms with E-state index in [-0.39, 0.29) is 58.9 Å². The zero-order valence-electron chi connectivity index (χ0n) is 31.2. The number of ether oxygens (including phenoxy) is 2. The Kier molecular flexibility index (Phi) is 10.9. The number of benzene rings is 2. The summed E-state index contributed by atoms with van der Waals surface area (Å²) in [5.41, 5.74) is 4.10. The highest BCUT2D eigenvalue weighted by Gasteiger charge is 2.32. The van der Waals surface area contributed by atoms with Crippen LogP contribution in [0.1, 0.15) is 81.1 Å². The highest BCUT2D eigenvalue weighted by molar-refractivity contribution is 7.92. The molecule has 0 radical (unpaired) electrons. The Hall–Kier alpha value is -4.55. The number of amides is 1. The van der Waals surface area contributed by atoms with Gasteiger partial charge < -0.3 is 19.3 Å². The van der Waals surface area contributed by atoms with E-state index in [1.165, 1.54) is 12.1 Å². The molecule has 4 heterocycles. The molecule has 1 unspecified atom stereocenters. The standard InChI is InChI=1S/C40H50N6O5S/c1-26(2)45(24-32-16-11-19-50-32)35-18-10-15-30(41-35)23-46-31(22-40(5,6)7)25-51-36-21-34(37-27(3)12-8-13-28(37)4)42-39(43-36)44-52(48,49)33-17-9-14-29(20-33)38(46)47/h8-10,12-15,17-18,20-21,26,31-32H,11,16,19,22-25H2,1-7H3,(H,42,43,44)/t31-,32?/m1/s1. The number of nitrogens with zero attached hydrogens (tertiary/aromatic N) is 5. The summed E-state index contributed by atoms with van der Waals surface area (Å²) in [7, 11) is -4.18. The number of hydrogen-bond acceptors (Lipinski definition) is 9. The topological polar surface area (TPSA) is 127 Å². The smallest absolute Gasteiger partial charge is 0.264 e. The van der Waals surface area contributed by atoms with Gasteiger partial charge in [-0.3, -0.25) is 4.79 Å². The van der Waals surface area contributed by atoms with Crippen LogP contribution in [0.15, 0.2) is 71.6 Å². The molecule has 1 N–H and O–H groups in total. The third kappa shape index (κ3) is 8.73.